The van der Waals surface area contributed by atoms with Crippen LogP contribution in [0.2, 0.25) is 0 Å². The Kier molecular flexibility index (Phi) is 5.57. The third kappa shape index (κ3) is 4.16. The van der Waals surface area contributed by atoms with E-state index < -0.39 is 0 Å². The summed E-state index contributed by atoms with van der Waals surface area (Å²) in [4.78, 5) is 12.0. The molecule has 0 atom stereocenters. The molecule has 0 unspecified atom stereocenters. The van der Waals surface area contributed by atoms with Gasteiger partial charge in [-0.15, -0.1) is 10.2 Å². The molecule has 182 valence electrons. The van der Waals surface area contributed by atoms with E-state index in [0.717, 1.165) is 64.1 Å². The Bertz CT molecular complexity index is 1510. The summed E-state index contributed by atoms with van der Waals surface area (Å²) in [6.07, 6.45) is 1.87. The van der Waals surface area contributed by atoms with Crippen molar-refractivity contribution in [3.05, 3.63) is 66.4 Å². The van der Waals surface area contributed by atoms with Crippen molar-refractivity contribution in [3.8, 4) is 16.9 Å². The average Bonchev–Trinajstić information content (AvgIpc) is 3.45. The molecule has 1 fully saturated rings. The second-order valence-corrected chi connectivity index (χ2v) is 8.88. The SMILES string of the molecule is Cc1nnc(C)n1-c1ccc(Nc2cc(-c3ccc4cnn(C)c4c3)nc(N3CCOCC3)n2)cc1. The molecule has 0 aliphatic carbocycles. The standard InChI is InChI=1S/C26H27N9O/c1-17-31-32-18(2)35(17)22-8-6-21(7-9-22)28-25-15-23(29-26(30-25)34-10-12-36-13-11-34)19-4-5-20-16-27-33(3)24(20)14-19/h4-9,14-16H,10-13H2,1-3H3,(H,28,29,30). The molecule has 1 saturated heterocycles. The summed E-state index contributed by atoms with van der Waals surface area (Å²) in [5, 5.41) is 17.3. The molecule has 0 spiro atoms. The molecule has 1 N–H and O–H groups in total. The van der Waals surface area contributed by atoms with Gasteiger partial charge in [-0.2, -0.15) is 10.1 Å². The Hall–Kier alpha value is -4.31. The van der Waals surface area contributed by atoms with Gasteiger partial charge in [0, 0.05) is 48.5 Å². The largest absolute Gasteiger partial charge is 0.378 e. The number of nitrogens with zero attached hydrogens (tertiary/aromatic N) is 8. The molecule has 1 aliphatic heterocycles. The van der Waals surface area contributed by atoms with Crippen LogP contribution in [0.3, 0.4) is 0 Å². The van der Waals surface area contributed by atoms with Crippen LogP contribution in [0.15, 0.2) is 54.7 Å². The van der Waals surface area contributed by atoms with Crippen LogP contribution in [0, 0.1) is 13.8 Å². The zero-order valence-corrected chi connectivity index (χ0v) is 20.5. The van der Waals surface area contributed by atoms with Crippen molar-refractivity contribution < 1.29 is 4.74 Å². The Labute approximate surface area is 208 Å². The zero-order valence-electron chi connectivity index (χ0n) is 20.5. The zero-order chi connectivity index (χ0) is 24.6. The molecule has 10 nitrogen and oxygen atoms in total. The number of aromatic nitrogens is 7. The molecule has 6 rings (SSSR count). The normalized spacial score (nSPS) is 13.9. The fraction of sp³-hybridized carbons (Fsp3) is 0.269. The molecule has 0 bridgehead atoms. The molecule has 0 amide bonds. The molecule has 3 aromatic heterocycles. The van der Waals surface area contributed by atoms with E-state index in [2.05, 4.69) is 43.7 Å². The van der Waals surface area contributed by atoms with Gasteiger partial charge in [-0.1, -0.05) is 12.1 Å². The molecular formula is C26H27N9O. The summed E-state index contributed by atoms with van der Waals surface area (Å²) in [6, 6.07) is 16.4. The first-order valence-corrected chi connectivity index (χ1v) is 12.0. The third-order valence-electron chi connectivity index (χ3n) is 6.44. The van der Waals surface area contributed by atoms with Crippen molar-refractivity contribution in [2.75, 3.05) is 36.5 Å². The maximum Gasteiger partial charge on any atom is 0.228 e. The highest BCUT2D eigenvalue weighted by Crippen LogP contribution is 2.28. The molecular weight excluding hydrogens is 454 g/mol. The molecule has 1 aliphatic rings. The van der Waals surface area contributed by atoms with Crippen molar-refractivity contribution >= 4 is 28.4 Å². The lowest BCUT2D eigenvalue weighted by atomic mass is 10.1. The number of nitrogens with one attached hydrogen (secondary N) is 1. The molecule has 2 aromatic carbocycles. The number of morpholine rings is 1. The van der Waals surface area contributed by atoms with Gasteiger partial charge in [0.2, 0.25) is 5.95 Å². The summed E-state index contributed by atoms with van der Waals surface area (Å²) in [5.41, 5.74) is 4.87. The van der Waals surface area contributed by atoms with Gasteiger partial charge in [-0.05, 0) is 44.2 Å². The van der Waals surface area contributed by atoms with Crippen LogP contribution in [0.25, 0.3) is 27.8 Å². The number of anilines is 3. The van der Waals surface area contributed by atoms with E-state index in [1.165, 1.54) is 0 Å². The predicted octanol–water partition coefficient (Wildman–Crippen LogP) is 3.81. The second-order valence-electron chi connectivity index (χ2n) is 8.88. The number of benzene rings is 2. The first-order valence-electron chi connectivity index (χ1n) is 12.0. The van der Waals surface area contributed by atoms with E-state index in [4.69, 9.17) is 14.7 Å². The summed E-state index contributed by atoms with van der Waals surface area (Å²) >= 11 is 0. The lowest BCUT2D eigenvalue weighted by molar-refractivity contribution is 0.122. The van der Waals surface area contributed by atoms with E-state index in [9.17, 15) is 0 Å². The van der Waals surface area contributed by atoms with Crippen LogP contribution in [0.5, 0.6) is 0 Å². The maximum absolute atomic E-state index is 5.54. The van der Waals surface area contributed by atoms with E-state index in [1.54, 1.807) is 0 Å². The molecule has 4 heterocycles. The smallest absolute Gasteiger partial charge is 0.228 e. The summed E-state index contributed by atoms with van der Waals surface area (Å²) < 4.78 is 9.44. The molecule has 0 saturated carbocycles. The van der Waals surface area contributed by atoms with Crippen molar-refractivity contribution in [1.82, 2.24) is 34.5 Å². The van der Waals surface area contributed by atoms with Crippen molar-refractivity contribution in [2.24, 2.45) is 7.05 Å². The Morgan fingerprint density at radius 2 is 1.64 bits per heavy atom. The van der Waals surface area contributed by atoms with Crippen molar-refractivity contribution in [2.45, 2.75) is 13.8 Å². The highest BCUT2D eigenvalue weighted by atomic mass is 16.5. The quantitative estimate of drug-likeness (QED) is 0.405. The van der Waals surface area contributed by atoms with Gasteiger partial charge in [0.1, 0.15) is 17.5 Å². The second kappa shape index (κ2) is 9.04. The Balaban J connectivity index is 1.36. The minimum Gasteiger partial charge on any atom is -0.378 e. The molecule has 0 radical (unpaired) electrons. The van der Waals surface area contributed by atoms with E-state index in [1.807, 2.05) is 66.7 Å². The van der Waals surface area contributed by atoms with Crippen LogP contribution in [0.4, 0.5) is 17.5 Å². The Morgan fingerprint density at radius 1 is 0.889 bits per heavy atom. The molecule has 10 heteroatoms. The highest BCUT2D eigenvalue weighted by molar-refractivity contribution is 5.84. The van der Waals surface area contributed by atoms with Gasteiger partial charge in [0.25, 0.3) is 0 Å². The topological polar surface area (TPSA) is 98.8 Å². The Morgan fingerprint density at radius 3 is 2.39 bits per heavy atom. The number of hydrogen-bond donors (Lipinski definition) is 1. The van der Waals surface area contributed by atoms with Crippen LogP contribution in [-0.2, 0) is 11.8 Å². The fourth-order valence-corrected chi connectivity index (χ4v) is 4.54. The van der Waals surface area contributed by atoms with E-state index in [-0.39, 0.29) is 0 Å². The van der Waals surface area contributed by atoms with Crippen molar-refractivity contribution in [1.29, 1.82) is 0 Å². The minimum atomic E-state index is 0.667. The average molecular weight is 482 g/mol. The minimum absolute atomic E-state index is 0.667. The van der Waals surface area contributed by atoms with Gasteiger partial charge < -0.3 is 15.0 Å². The van der Waals surface area contributed by atoms with E-state index in [0.29, 0.717) is 19.2 Å². The number of ether oxygens (including phenoxy) is 1. The first kappa shape index (κ1) is 22.2. The van der Waals surface area contributed by atoms with Crippen LogP contribution in [-0.4, -0.2) is 60.8 Å². The van der Waals surface area contributed by atoms with Crippen molar-refractivity contribution in [3.63, 3.8) is 0 Å². The number of hydrogen-bond acceptors (Lipinski definition) is 8. The van der Waals surface area contributed by atoms with Crippen LogP contribution in [0.1, 0.15) is 11.6 Å². The predicted molar refractivity (Wildman–Crippen MR) is 139 cm³/mol. The number of aryl methyl sites for hydroxylation is 3. The van der Waals surface area contributed by atoms with Gasteiger partial charge in [0.05, 0.1) is 30.6 Å². The molecule has 5 aromatic rings. The first-order chi connectivity index (χ1) is 17.5. The highest BCUT2D eigenvalue weighted by Gasteiger charge is 2.17. The van der Waals surface area contributed by atoms with Crippen LogP contribution >= 0.6 is 0 Å². The number of fused-ring (bicyclic) bond motifs is 1. The summed E-state index contributed by atoms with van der Waals surface area (Å²) in [7, 11) is 1.95. The summed E-state index contributed by atoms with van der Waals surface area (Å²) in [5.74, 6) is 3.13. The van der Waals surface area contributed by atoms with Gasteiger partial charge in [0.15, 0.2) is 0 Å². The van der Waals surface area contributed by atoms with Crippen LogP contribution < -0.4 is 10.2 Å². The monoisotopic (exact) mass is 481 g/mol. The third-order valence-corrected chi connectivity index (χ3v) is 6.44. The van der Waals surface area contributed by atoms with E-state index >= 15 is 0 Å². The fourth-order valence-electron chi connectivity index (χ4n) is 4.54. The molecule has 36 heavy (non-hydrogen) atoms. The maximum atomic E-state index is 5.54. The lowest BCUT2D eigenvalue weighted by Crippen LogP contribution is -2.37. The number of rotatable bonds is 5. The van der Waals surface area contributed by atoms with Gasteiger partial charge in [-0.25, -0.2) is 4.98 Å². The summed E-state index contributed by atoms with van der Waals surface area (Å²) in [6.45, 7) is 6.75. The lowest BCUT2D eigenvalue weighted by Gasteiger charge is -2.27. The van der Waals surface area contributed by atoms with Gasteiger partial charge >= 0.3 is 0 Å². The van der Waals surface area contributed by atoms with Gasteiger partial charge in [-0.3, -0.25) is 9.25 Å².